The molecular formula is C16H32O2. The Bertz CT molecular complexity index is 195. The van der Waals surface area contributed by atoms with Crippen LogP contribution in [0.15, 0.2) is 11.6 Å². The van der Waals surface area contributed by atoms with E-state index in [0.717, 1.165) is 25.7 Å². The average Bonchev–Trinajstić information content (AvgIpc) is 2.36. The summed E-state index contributed by atoms with van der Waals surface area (Å²) in [5, 5.41) is 17.9. The van der Waals surface area contributed by atoms with Crippen LogP contribution in [0, 0.1) is 5.92 Å². The Hall–Kier alpha value is -0.340. The Kier molecular flexibility index (Phi) is 12.9. The van der Waals surface area contributed by atoms with E-state index in [1.807, 2.05) is 0 Å². The minimum atomic E-state index is 0.320. The van der Waals surface area contributed by atoms with E-state index in [2.05, 4.69) is 19.9 Å². The molecule has 0 aromatic carbocycles. The highest BCUT2D eigenvalue weighted by Crippen LogP contribution is 2.16. The van der Waals surface area contributed by atoms with Gasteiger partial charge in [-0.3, -0.25) is 0 Å². The summed E-state index contributed by atoms with van der Waals surface area (Å²) in [4.78, 5) is 0. The van der Waals surface area contributed by atoms with Crippen molar-refractivity contribution in [3.8, 4) is 0 Å². The number of aliphatic hydroxyl groups is 2. The van der Waals surface area contributed by atoms with Gasteiger partial charge in [0.05, 0.1) is 0 Å². The molecule has 0 spiro atoms. The molecule has 0 amide bonds. The van der Waals surface area contributed by atoms with Gasteiger partial charge in [0.2, 0.25) is 0 Å². The van der Waals surface area contributed by atoms with Crippen LogP contribution in [0.5, 0.6) is 0 Å². The molecule has 0 aliphatic heterocycles. The molecule has 0 aromatic rings. The summed E-state index contributed by atoms with van der Waals surface area (Å²) >= 11 is 0. The standard InChI is InChI=1S/C16H32O2/c1-15(2)11-12-16(14-18)10-8-6-4-3-5-7-9-13-17/h11,16-18H,3-10,12-14H2,1-2H3. The van der Waals surface area contributed by atoms with Crippen molar-refractivity contribution in [2.75, 3.05) is 13.2 Å². The maximum Gasteiger partial charge on any atom is 0.0462 e. The van der Waals surface area contributed by atoms with Gasteiger partial charge in [0, 0.05) is 13.2 Å². The first kappa shape index (κ1) is 17.7. The largest absolute Gasteiger partial charge is 0.396 e. The Morgan fingerprint density at radius 2 is 1.44 bits per heavy atom. The van der Waals surface area contributed by atoms with E-state index < -0.39 is 0 Å². The van der Waals surface area contributed by atoms with Gasteiger partial charge in [0.25, 0.3) is 0 Å². The zero-order valence-corrected chi connectivity index (χ0v) is 12.3. The summed E-state index contributed by atoms with van der Waals surface area (Å²) in [6.07, 6.45) is 12.9. The average molecular weight is 256 g/mol. The van der Waals surface area contributed by atoms with Gasteiger partial charge in [-0.15, -0.1) is 0 Å². The van der Waals surface area contributed by atoms with Crippen molar-refractivity contribution in [1.82, 2.24) is 0 Å². The molecular weight excluding hydrogens is 224 g/mol. The fourth-order valence-electron chi connectivity index (χ4n) is 2.11. The lowest BCUT2D eigenvalue weighted by molar-refractivity contribution is 0.216. The summed E-state index contributed by atoms with van der Waals surface area (Å²) < 4.78 is 0. The molecule has 0 saturated heterocycles. The first-order valence-electron chi connectivity index (χ1n) is 7.55. The van der Waals surface area contributed by atoms with E-state index in [1.54, 1.807) is 0 Å². The molecule has 0 aliphatic carbocycles. The summed E-state index contributed by atoms with van der Waals surface area (Å²) in [5.41, 5.74) is 1.34. The molecule has 1 atom stereocenters. The number of unbranched alkanes of at least 4 members (excludes halogenated alkanes) is 6. The predicted molar refractivity (Wildman–Crippen MR) is 78.6 cm³/mol. The summed E-state index contributed by atoms with van der Waals surface area (Å²) in [7, 11) is 0. The highest BCUT2D eigenvalue weighted by atomic mass is 16.3. The van der Waals surface area contributed by atoms with Crippen LogP contribution in [0.4, 0.5) is 0 Å². The van der Waals surface area contributed by atoms with Crippen LogP contribution in [-0.4, -0.2) is 23.4 Å². The molecule has 0 rings (SSSR count). The molecule has 0 radical (unpaired) electrons. The van der Waals surface area contributed by atoms with E-state index in [0.29, 0.717) is 19.1 Å². The van der Waals surface area contributed by atoms with E-state index in [9.17, 15) is 5.11 Å². The normalized spacial score (nSPS) is 12.4. The van der Waals surface area contributed by atoms with E-state index >= 15 is 0 Å². The lowest BCUT2D eigenvalue weighted by atomic mass is 9.97. The van der Waals surface area contributed by atoms with Gasteiger partial charge in [-0.25, -0.2) is 0 Å². The first-order chi connectivity index (χ1) is 8.70. The summed E-state index contributed by atoms with van der Waals surface area (Å²) in [6, 6.07) is 0. The van der Waals surface area contributed by atoms with Crippen LogP contribution in [0.1, 0.15) is 71.6 Å². The fraction of sp³-hybridized carbons (Fsp3) is 0.875. The fourth-order valence-corrected chi connectivity index (χ4v) is 2.11. The maximum absolute atomic E-state index is 9.29. The molecule has 1 unspecified atom stereocenters. The van der Waals surface area contributed by atoms with Crippen LogP contribution in [0.3, 0.4) is 0 Å². The van der Waals surface area contributed by atoms with Gasteiger partial charge >= 0.3 is 0 Å². The van der Waals surface area contributed by atoms with Crippen molar-refractivity contribution in [1.29, 1.82) is 0 Å². The quantitative estimate of drug-likeness (QED) is 0.408. The third kappa shape index (κ3) is 12.1. The van der Waals surface area contributed by atoms with Crippen molar-refractivity contribution in [3.63, 3.8) is 0 Å². The molecule has 18 heavy (non-hydrogen) atoms. The molecule has 0 heterocycles. The van der Waals surface area contributed by atoms with E-state index in [1.165, 1.54) is 37.7 Å². The minimum Gasteiger partial charge on any atom is -0.396 e. The smallest absolute Gasteiger partial charge is 0.0462 e. The van der Waals surface area contributed by atoms with Crippen molar-refractivity contribution in [2.45, 2.75) is 71.6 Å². The lowest BCUT2D eigenvalue weighted by Crippen LogP contribution is -2.04. The van der Waals surface area contributed by atoms with Gasteiger partial charge in [-0.2, -0.15) is 0 Å². The van der Waals surface area contributed by atoms with Gasteiger partial charge in [0.15, 0.2) is 0 Å². The van der Waals surface area contributed by atoms with Crippen molar-refractivity contribution in [3.05, 3.63) is 11.6 Å². The number of allylic oxidation sites excluding steroid dienone is 2. The highest BCUT2D eigenvalue weighted by molar-refractivity contribution is 4.93. The zero-order chi connectivity index (χ0) is 13.6. The minimum absolute atomic E-state index is 0.320. The van der Waals surface area contributed by atoms with Gasteiger partial charge in [-0.1, -0.05) is 50.2 Å². The van der Waals surface area contributed by atoms with E-state index in [-0.39, 0.29) is 0 Å². The van der Waals surface area contributed by atoms with E-state index in [4.69, 9.17) is 5.11 Å². The number of hydrogen-bond acceptors (Lipinski definition) is 2. The topological polar surface area (TPSA) is 40.5 Å². The molecule has 0 aromatic heterocycles. The summed E-state index contributed by atoms with van der Waals surface area (Å²) in [5.74, 6) is 0.453. The molecule has 0 saturated carbocycles. The van der Waals surface area contributed by atoms with Gasteiger partial charge in [0.1, 0.15) is 0 Å². The molecule has 108 valence electrons. The third-order valence-electron chi connectivity index (χ3n) is 3.39. The Morgan fingerprint density at radius 3 is 1.94 bits per heavy atom. The number of aliphatic hydroxyl groups excluding tert-OH is 2. The van der Waals surface area contributed by atoms with Crippen LogP contribution in [0.2, 0.25) is 0 Å². The maximum atomic E-state index is 9.29. The second-order valence-electron chi connectivity index (χ2n) is 5.55. The Labute approximate surface area is 113 Å². The number of rotatable bonds is 12. The monoisotopic (exact) mass is 256 g/mol. The lowest BCUT2D eigenvalue weighted by Gasteiger charge is -2.11. The van der Waals surface area contributed by atoms with Crippen molar-refractivity contribution >= 4 is 0 Å². The molecule has 0 fully saturated rings. The molecule has 2 nitrogen and oxygen atoms in total. The molecule has 2 N–H and O–H groups in total. The first-order valence-corrected chi connectivity index (χ1v) is 7.55. The summed E-state index contributed by atoms with van der Waals surface area (Å²) in [6.45, 7) is 4.88. The van der Waals surface area contributed by atoms with Gasteiger partial charge in [-0.05, 0) is 39.0 Å². The third-order valence-corrected chi connectivity index (χ3v) is 3.39. The van der Waals surface area contributed by atoms with Gasteiger partial charge < -0.3 is 10.2 Å². The van der Waals surface area contributed by atoms with Crippen LogP contribution in [0.25, 0.3) is 0 Å². The van der Waals surface area contributed by atoms with Crippen LogP contribution >= 0.6 is 0 Å². The molecule has 2 heteroatoms. The number of hydrogen-bond donors (Lipinski definition) is 2. The van der Waals surface area contributed by atoms with Crippen LogP contribution in [-0.2, 0) is 0 Å². The second-order valence-corrected chi connectivity index (χ2v) is 5.55. The van der Waals surface area contributed by atoms with Crippen LogP contribution < -0.4 is 0 Å². The predicted octanol–water partition coefficient (Wildman–Crippen LogP) is 4.06. The SMILES string of the molecule is CC(C)=CCC(CO)CCCCCCCCCO. The Balaban J connectivity index is 3.37. The molecule has 0 bridgehead atoms. The Morgan fingerprint density at radius 1 is 0.889 bits per heavy atom. The molecule has 0 aliphatic rings. The van der Waals surface area contributed by atoms with Crippen molar-refractivity contribution < 1.29 is 10.2 Å². The van der Waals surface area contributed by atoms with Crippen molar-refractivity contribution in [2.24, 2.45) is 5.92 Å². The zero-order valence-electron chi connectivity index (χ0n) is 12.3. The second kappa shape index (κ2) is 13.1. The highest BCUT2D eigenvalue weighted by Gasteiger charge is 2.05.